The molecule has 1 N–H and O–H groups in total. The van der Waals surface area contributed by atoms with Crippen LogP contribution in [0.5, 0.6) is 5.75 Å². The van der Waals surface area contributed by atoms with Crippen molar-refractivity contribution in [3.63, 3.8) is 0 Å². The van der Waals surface area contributed by atoms with E-state index in [0.29, 0.717) is 6.04 Å². The van der Waals surface area contributed by atoms with E-state index in [1.165, 1.54) is 16.0 Å². The van der Waals surface area contributed by atoms with E-state index in [1.54, 1.807) is 7.11 Å². The molecule has 0 aliphatic carbocycles. The van der Waals surface area contributed by atoms with Crippen molar-refractivity contribution < 1.29 is 4.74 Å². The molecular formula is C18H23NOS. The molecule has 3 heteroatoms. The van der Waals surface area contributed by atoms with Crippen molar-refractivity contribution in [2.24, 2.45) is 0 Å². The quantitative estimate of drug-likeness (QED) is 0.764. The first-order chi connectivity index (χ1) is 10.2. The van der Waals surface area contributed by atoms with Crippen molar-refractivity contribution >= 4 is 11.8 Å². The third-order valence-corrected chi connectivity index (χ3v) is 4.55. The Labute approximate surface area is 131 Å². The summed E-state index contributed by atoms with van der Waals surface area (Å²) in [6, 6.07) is 17.3. The highest BCUT2D eigenvalue weighted by atomic mass is 32.2. The smallest absolute Gasteiger partial charge is 0.132 e. The van der Waals surface area contributed by atoms with Crippen molar-refractivity contribution in [1.82, 2.24) is 5.32 Å². The lowest BCUT2D eigenvalue weighted by Gasteiger charge is -2.19. The minimum atomic E-state index is 0.352. The molecule has 2 rings (SSSR count). The van der Waals surface area contributed by atoms with Crippen LogP contribution < -0.4 is 10.1 Å². The molecule has 0 saturated carbocycles. The maximum Gasteiger partial charge on any atom is 0.132 e. The van der Waals surface area contributed by atoms with E-state index in [4.69, 9.17) is 4.74 Å². The van der Waals surface area contributed by atoms with Crippen LogP contribution in [0.25, 0.3) is 0 Å². The summed E-state index contributed by atoms with van der Waals surface area (Å²) in [5.41, 5.74) is 2.64. The second-order valence-corrected chi connectivity index (χ2v) is 6.04. The van der Waals surface area contributed by atoms with Crippen molar-refractivity contribution in [3.8, 4) is 5.75 Å². The summed E-state index contributed by atoms with van der Waals surface area (Å²) in [5.74, 6) is 1.93. The maximum absolute atomic E-state index is 5.42. The molecule has 0 aromatic heterocycles. The van der Waals surface area contributed by atoms with Gasteiger partial charge in [0.25, 0.3) is 0 Å². The van der Waals surface area contributed by atoms with Crippen LogP contribution in [0.1, 0.15) is 24.1 Å². The van der Waals surface area contributed by atoms with E-state index in [2.05, 4.69) is 55.6 Å². The van der Waals surface area contributed by atoms with Crippen LogP contribution in [0.15, 0.2) is 53.4 Å². The number of para-hydroxylation sites is 1. The molecule has 21 heavy (non-hydrogen) atoms. The third-order valence-electron chi connectivity index (χ3n) is 3.40. The van der Waals surface area contributed by atoms with Gasteiger partial charge in [-0.05, 0) is 31.2 Å². The van der Waals surface area contributed by atoms with Crippen LogP contribution in [0, 0.1) is 6.92 Å². The zero-order valence-corrected chi connectivity index (χ0v) is 13.7. The molecule has 0 saturated heterocycles. The third kappa shape index (κ3) is 4.51. The highest BCUT2D eigenvalue weighted by Gasteiger charge is 2.12. The van der Waals surface area contributed by atoms with Gasteiger partial charge in [0.05, 0.1) is 7.11 Å². The monoisotopic (exact) mass is 301 g/mol. The Hall–Kier alpha value is -1.45. The summed E-state index contributed by atoms with van der Waals surface area (Å²) in [7, 11) is 1.72. The Kier molecular flexibility index (Phi) is 6.15. The van der Waals surface area contributed by atoms with E-state index in [1.807, 2.05) is 23.9 Å². The highest BCUT2D eigenvalue weighted by Crippen LogP contribution is 2.31. The molecule has 0 aliphatic rings. The van der Waals surface area contributed by atoms with Gasteiger partial charge in [-0.25, -0.2) is 0 Å². The molecule has 2 nitrogen and oxygen atoms in total. The Morgan fingerprint density at radius 1 is 1.10 bits per heavy atom. The normalized spacial score (nSPS) is 12.1. The molecule has 1 unspecified atom stereocenters. The number of benzene rings is 2. The average Bonchev–Trinajstić information content (AvgIpc) is 2.52. The van der Waals surface area contributed by atoms with E-state index in [9.17, 15) is 0 Å². The van der Waals surface area contributed by atoms with Crippen molar-refractivity contribution in [2.75, 3.05) is 19.4 Å². The van der Waals surface area contributed by atoms with Gasteiger partial charge in [0.15, 0.2) is 0 Å². The van der Waals surface area contributed by atoms with Crippen molar-refractivity contribution in [1.29, 1.82) is 0 Å². The molecular weight excluding hydrogens is 278 g/mol. The van der Waals surface area contributed by atoms with Gasteiger partial charge >= 0.3 is 0 Å². The van der Waals surface area contributed by atoms with Crippen LogP contribution >= 0.6 is 11.8 Å². The van der Waals surface area contributed by atoms with Crippen LogP contribution in [0.4, 0.5) is 0 Å². The topological polar surface area (TPSA) is 21.3 Å². The second-order valence-electron chi connectivity index (χ2n) is 4.98. The molecule has 0 aliphatic heterocycles. The summed E-state index contributed by atoms with van der Waals surface area (Å²) in [6.07, 6.45) is 0. The van der Waals surface area contributed by atoms with Gasteiger partial charge in [-0.2, -0.15) is 0 Å². The predicted molar refractivity (Wildman–Crippen MR) is 91.3 cm³/mol. The van der Waals surface area contributed by atoms with Gasteiger partial charge < -0.3 is 10.1 Å². The highest BCUT2D eigenvalue weighted by molar-refractivity contribution is 7.99. The lowest BCUT2D eigenvalue weighted by molar-refractivity contribution is 0.405. The number of methoxy groups -OCH3 is 1. The summed E-state index contributed by atoms with van der Waals surface area (Å²) in [4.78, 5) is 1.19. The van der Waals surface area contributed by atoms with E-state index < -0.39 is 0 Å². The summed E-state index contributed by atoms with van der Waals surface area (Å²) < 4.78 is 5.42. The number of hydrogen-bond acceptors (Lipinski definition) is 3. The van der Waals surface area contributed by atoms with Gasteiger partial charge in [0, 0.05) is 16.7 Å². The Balaban J connectivity index is 2.08. The molecule has 1 atom stereocenters. The zero-order valence-electron chi connectivity index (χ0n) is 12.9. The number of rotatable bonds is 7. The maximum atomic E-state index is 5.42. The fourth-order valence-corrected chi connectivity index (χ4v) is 3.35. The van der Waals surface area contributed by atoms with Crippen LogP contribution in [0.3, 0.4) is 0 Å². The van der Waals surface area contributed by atoms with Crippen LogP contribution in [0.2, 0.25) is 0 Å². The Morgan fingerprint density at radius 3 is 2.48 bits per heavy atom. The molecule has 0 radical (unpaired) electrons. The minimum absolute atomic E-state index is 0.352. The fraction of sp³-hybridized carbons (Fsp3) is 0.333. The number of ether oxygens (including phenoxy) is 1. The molecule has 0 fully saturated rings. The fourth-order valence-electron chi connectivity index (χ4n) is 2.23. The number of thioether (sulfide) groups is 1. The average molecular weight is 301 g/mol. The van der Waals surface area contributed by atoms with Crippen molar-refractivity contribution in [2.45, 2.75) is 24.8 Å². The van der Waals surface area contributed by atoms with Gasteiger partial charge in [0.2, 0.25) is 0 Å². The first-order valence-electron chi connectivity index (χ1n) is 7.30. The summed E-state index contributed by atoms with van der Waals surface area (Å²) in [5, 5.41) is 3.56. The van der Waals surface area contributed by atoms with Gasteiger partial charge in [-0.15, -0.1) is 11.8 Å². The number of hydrogen-bond donors (Lipinski definition) is 1. The largest absolute Gasteiger partial charge is 0.496 e. The van der Waals surface area contributed by atoms with E-state index in [0.717, 1.165) is 18.0 Å². The second kappa shape index (κ2) is 8.11. The molecule has 112 valence electrons. The SMILES string of the molecule is CCNC(CSc1ccccc1OC)c1ccc(C)cc1. The predicted octanol–water partition coefficient (Wildman–Crippen LogP) is 4.45. The standard InChI is InChI=1S/C18H23NOS/c1-4-19-16(15-11-9-14(2)10-12-15)13-21-18-8-6-5-7-17(18)20-3/h5-12,16,19H,4,13H2,1-3H3. The summed E-state index contributed by atoms with van der Waals surface area (Å²) >= 11 is 1.83. The molecule has 0 spiro atoms. The van der Waals surface area contributed by atoms with Gasteiger partial charge in [-0.3, -0.25) is 0 Å². The van der Waals surface area contributed by atoms with Crippen LogP contribution in [-0.2, 0) is 0 Å². The molecule has 2 aromatic carbocycles. The number of aryl methyl sites for hydroxylation is 1. The lowest BCUT2D eigenvalue weighted by atomic mass is 10.1. The van der Waals surface area contributed by atoms with Crippen LogP contribution in [-0.4, -0.2) is 19.4 Å². The zero-order chi connectivity index (χ0) is 15.1. The van der Waals surface area contributed by atoms with Crippen molar-refractivity contribution in [3.05, 3.63) is 59.7 Å². The van der Waals surface area contributed by atoms with E-state index >= 15 is 0 Å². The first kappa shape index (κ1) is 15.9. The first-order valence-corrected chi connectivity index (χ1v) is 8.29. The minimum Gasteiger partial charge on any atom is -0.496 e. The Morgan fingerprint density at radius 2 is 1.81 bits per heavy atom. The molecule has 0 heterocycles. The molecule has 0 bridgehead atoms. The summed E-state index contributed by atoms with van der Waals surface area (Å²) in [6.45, 7) is 5.23. The van der Waals surface area contributed by atoms with Gasteiger partial charge in [-0.1, -0.05) is 48.9 Å². The van der Waals surface area contributed by atoms with Gasteiger partial charge in [0.1, 0.15) is 5.75 Å². The molecule has 2 aromatic rings. The number of nitrogens with one attached hydrogen (secondary N) is 1. The lowest BCUT2D eigenvalue weighted by Crippen LogP contribution is -2.22. The Bertz CT molecular complexity index is 553. The molecule has 0 amide bonds. The van der Waals surface area contributed by atoms with E-state index in [-0.39, 0.29) is 0 Å².